The van der Waals surface area contributed by atoms with Crippen molar-refractivity contribution in [3.05, 3.63) is 29.8 Å². The fourth-order valence-electron chi connectivity index (χ4n) is 2.19. The normalized spacial score (nSPS) is 17.6. The van der Waals surface area contributed by atoms with Gasteiger partial charge in [-0.3, -0.25) is 0 Å². The summed E-state index contributed by atoms with van der Waals surface area (Å²) in [5.41, 5.74) is 2.54. The Kier molecular flexibility index (Phi) is 4.22. The lowest BCUT2D eigenvalue weighted by molar-refractivity contribution is -0.219. The molecule has 0 aliphatic carbocycles. The predicted molar refractivity (Wildman–Crippen MR) is 72.8 cm³/mol. The Morgan fingerprint density at radius 2 is 2.00 bits per heavy atom. The van der Waals surface area contributed by atoms with Gasteiger partial charge in [0.15, 0.2) is 0 Å². The van der Waals surface area contributed by atoms with Gasteiger partial charge in [0, 0.05) is 26.5 Å². The van der Waals surface area contributed by atoms with Gasteiger partial charge in [0.05, 0.1) is 13.1 Å². The van der Waals surface area contributed by atoms with Gasteiger partial charge in [0.2, 0.25) is 5.79 Å². The first-order valence-electron chi connectivity index (χ1n) is 6.38. The van der Waals surface area contributed by atoms with Crippen molar-refractivity contribution >= 4 is 5.69 Å². The zero-order valence-electron chi connectivity index (χ0n) is 11.4. The SMILES string of the molecule is CCNCc1cccc(N2CC(OC)(OC)C2)c1. The van der Waals surface area contributed by atoms with Gasteiger partial charge in [0.25, 0.3) is 0 Å². The second kappa shape index (κ2) is 5.69. The van der Waals surface area contributed by atoms with Crippen LogP contribution in [0.3, 0.4) is 0 Å². The molecule has 0 bridgehead atoms. The summed E-state index contributed by atoms with van der Waals surface area (Å²) in [4.78, 5) is 2.27. The molecular formula is C14H22N2O2. The highest BCUT2D eigenvalue weighted by molar-refractivity contribution is 5.51. The van der Waals surface area contributed by atoms with E-state index < -0.39 is 5.79 Å². The van der Waals surface area contributed by atoms with Crippen LogP contribution in [0.15, 0.2) is 24.3 Å². The Hall–Kier alpha value is -1.10. The van der Waals surface area contributed by atoms with E-state index in [1.807, 2.05) is 0 Å². The maximum Gasteiger partial charge on any atom is 0.203 e. The Balaban J connectivity index is 1.98. The van der Waals surface area contributed by atoms with E-state index in [1.54, 1.807) is 14.2 Å². The van der Waals surface area contributed by atoms with Gasteiger partial charge in [-0.1, -0.05) is 19.1 Å². The number of hydrogen-bond donors (Lipinski definition) is 1. The number of nitrogens with one attached hydrogen (secondary N) is 1. The molecule has 1 fully saturated rings. The molecule has 1 aromatic rings. The minimum atomic E-state index is -0.419. The van der Waals surface area contributed by atoms with Crippen LogP contribution in [0.5, 0.6) is 0 Å². The molecule has 1 aliphatic heterocycles. The molecule has 1 heterocycles. The van der Waals surface area contributed by atoms with Crippen LogP contribution >= 0.6 is 0 Å². The molecule has 100 valence electrons. The Labute approximate surface area is 109 Å². The highest BCUT2D eigenvalue weighted by Gasteiger charge is 2.43. The molecule has 0 atom stereocenters. The lowest BCUT2D eigenvalue weighted by Crippen LogP contribution is -2.64. The molecule has 0 amide bonds. The first kappa shape index (κ1) is 13.3. The average molecular weight is 250 g/mol. The Morgan fingerprint density at radius 3 is 2.61 bits per heavy atom. The van der Waals surface area contributed by atoms with E-state index in [2.05, 4.69) is 41.4 Å². The summed E-state index contributed by atoms with van der Waals surface area (Å²) < 4.78 is 10.8. The molecule has 0 aromatic heterocycles. The first-order chi connectivity index (χ1) is 8.73. The van der Waals surface area contributed by atoms with Crippen LogP contribution in [0.1, 0.15) is 12.5 Å². The van der Waals surface area contributed by atoms with Crippen LogP contribution in [0.4, 0.5) is 5.69 Å². The number of hydrogen-bond acceptors (Lipinski definition) is 4. The predicted octanol–water partition coefficient (Wildman–Crippen LogP) is 1.61. The van der Waals surface area contributed by atoms with Gasteiger partial charge in [-0.2, -0.15) is 0 Å². The molecule has 18 heavy (non-hydrogen) atoms. The molecule has 1 saturated heterocycles. The number of methoxy groups -OCH3 is 2. The lowest BCUT2D eigenvalue weighted by atomic mass is 10.0. The zero-order valence-corrected chi connectivity index (χ0v) is 11.4. The van der Waals surface area contributed by atoms with E-state index in [0.29, 0.717) is 0 Å². The summed E-state index contributed by atoms with van der Waals surface area (Å²) in [6.07, 6.45) is 0. The molecule has 1 aliphatic rings. The molecule has 4 heteroatoms. The molecule has 0 radical (unpaired) electrons. The summed E-state index contributed by atoms with van der Waals surface area (Å²) >= 11 is 0. The van der Waals surface area contributed by atoms with Crippen LogP contribution in [0.25, 0.3) is 0 Å². The maximum absolute atomic E-state index is 5.39. The smallest absolute Gasteiger partial charge is 0.203 e. The van der Waals surface area contributed by atoms with Gasteiger partial charge in [-0.15, -0.1) is 0 Å². The first-order valence-corrected chi connectivity index (χ1v) is 6.38. The highest BCUT2D eigenvalue weighted by Crippen LogP contribution is 2.30. The van der Waals surface area contributed by atoms with Crippen molar-refractivity contribution in [2.75, 3.05) is 38.8 Å². The average Bonchev–Trinajstić information content (AvgIpc) is 2.37. The summed E-state index contributed by atoms with van der Waals surface area (Å²) in [5.74, 6) is -0.419. The van der Waals surface area contributed by atoms with Crippen LogP contribution in [0, 0.1) is 0 Å². The second-order valence-corrected chi connectivity index (χ2v) is 4.63. The highest BCUT2D eigenvalue weighted by atomic mass is 16.7. The molecule has 0 saturated carbocycles. The summed E-state index contributed by atoms with van der Waals surface area (Å²) in [5, 5.41) is 3.34. The van der Waals surface area contributed by atoms with Gasteiger partial charge >= 0.3 is 0 Å². The van der Waals surface area contributed by atoms with Crippen molar-refractivity contribution in [2.24, 2.45) is 0 Å². The van der Waals surface area contributed by atoms with E-state index in [1.165, 1.54) is 11.3 Å². The Morgan fingerprint density at radius 1 is 1.28 bits per heavy atom. The number of benzene rings is 1. The number of ether oxygens (including phenoxy) is 2. The lowest BCUT2D eigenvalue weighted by Gasteiger charge is -2.48. The van der Waals surface area contributed by atoms with E-state index in [4.69, 9.17) is 9.47 Å². The summed E-state index contributed by atoms with van der Waals surface area (Å²) in [6.45, 7) is 5.59. The van der Waals surface area contributed by atoms with E-state index in [-0.39, 0.29) is 0 Å². The monoisotopic (exact) mass is 250 g/mol. The molecule has 2 rings (SSSR count). The van der Waals surface area contributed by atoms with Crippen molar-refractivity contribution in [3.63, 3.8) is 0 Å². The second-order valence-electron chi connectivity index (χ2n) is 4.63. The van der Waals surface area contributed by atoms with Gasteiger partial charge in [-0.25, -0.2) is 0 Å². The van der Waals surface area contributed by atoms with Gasteiger partial charge in [-0.05, 0) is 24.2 Å². The van der Waals surface area contributed by atoms with Crippen LogP contribution in [0.2, 0.25) is 0 Å². The van der Waals surface area contributed by atoms with Gasteiger partial charge in [0.1, 0.15) is 0 Å². The van der Waals surface area contributed by atoms with Crippen molar-refractivity contribution in [2.45, 2.75) is 19.3 Å². The van der Waals surface area contributed by atoms with E-state index in [9.17, 15) is 0 Å². The minimum Gasteiger partial charge on any atom is -0.361 e. The third-order valence-electron chi connectivity index (χ3n) is 3.46. The number of nitrogens with zero attached hydrogens (tertiary/aromatic N) is 1. The molecule has 4 nitrogen and oxygen atoms in total. The van der Waals surface area contributed by atoms with Crippen molar-refractivity contribution in [1.82, 2.24) is 5.32 Å². The molecule has 1 N–H and O–H groups in total. The number of anilines is 1. The topological polar surface area (TPSA) is 33.7 Å². The standard InChI is InChI=1S/C14H22N2O2/c1-4-15-9-12-6-5-7-13(8-12)16-10-14(11-16,17-2)18-3/h5-8,15H,4,9-11H2,1-3H3. The molecule has 0 spiro atoms. The maximum atomic E-state index is 5.39. The summed E-state index contributed by atoms with van der Waals surface area (Å²) in [6, 6.07) is 8.59. The summed E-state index contributed by atoms with van der Waals surface area (Å²) in [7, 11) is 3.39. The van der Waals surface area contributed by atoms with Crippen LogP contribution in [-0.2, 0) is 16.0 Å². The van der Waals surface area contributed by atoms with E-state index in [0.717, 1.165) is 26.2 Å². The molecule has 1 aromatic carbocycles. The third kappa shape index (κ3) is 2.66. The van der Waals surface area contributed by atoms with Crippen LogP contribution in [-0.4, -0.2) is 39.6 Å². The van der Waals surface area contributed by atoms with Crippen molar-refractivity contribution < 1.29 is 9.47 Å². The van der Waals surface area contributed by atoms with Crippen LogP contribution < -0.4 is 10.2 Å². The fourth-order valence-corrected chi connectivity index (χ4v) is 2.19. The molecular weight excluding hydrogens is 228 g/mol. The van der Waals surface area contributed by atoms with Crippen molar-refractivity contribution in [1.29, 1.82) is 0 Å². The fraction of sp³-hybridized carbons (Fsp3) is 0.571. The van der Waals surface area contributed by atoms with E-state index >= 15 is 0 Å². The zero-order chi connectivity index (χ0) is 13.0. The molecule has 0 unspecified atom stereocenters. The third-order valence-corrected chi connectivity index (χ3v) is 3.46. The van der Waals surface area contributed by atoms with Crippen molar-refractivity contribution in [3.8, 4) is 0 Å². The quantitative estimate of drug-likeness (QED) is 0.778. The van der Waals surface area contributed by atoms with Gasteiger partial charge < -0.3 is 19.7 Å². The Bertz CT molecular complexity index is 383. The largest absolute Gasteiger partial charge is 0.361 e. The minimum absolute atomic E-state index is 0.419. The number of rotatable bonds is 6.